The molecule has 0 aromatic heterocycles. The number of anilines is 1. The molecule has 2 aliphatic rings. The number of hydrogen-bond donors (Lipinski definition) is 2. The number of piperazine rings is 1. The van der Waals surface area contributed by atoms with Gasteiger partial charge in [0.1, 0.15) is 5.75 Å². The molecular weight excluding hydrogens is 438 g/mol. The maximum atomic E-state index is 11.7. The Kier molecular flexibility index (Phi) is 8.48. The first-order valence-corrected chi connectivity index (χ1v) is 12.4. The van der Waals surface area contributed by atoms with Gasteiger partial charge in [-0.1, -0.05) is 23.7 Å². The fourth-order valence-electron chi connectivity index (χ4n) is 4.68. The molecule has 0 spiro atoms. The molecule has 0 saturated carbocycles. The van der Waals surface area contributed by atoms with Gasteiger partial charge in [-0.25, -0.2) is 4.79 Å². The number of rotatable bonds is 9. The number of halogens is 1. The third-order valence-electron chi connectivity index (χ3n) is 6.77. The molecule has 2 aromatic rings. The Morgan fingerprint density at radius 1 is 1.03 bits per heavy atom. The first-order chi connectivity index (χ1) is 16.1. The number of carbonyl (C=O) groups is 1. The Hall–Kier alpha value is -2.28. The van der Waals surface area contributed by atoms with Gasteiger partial charge in [0.05, 0.1) is 0 Å². The lowest BCUT2D eigenvalue weighted by molar-refractivity contribution is -0.145. The summed E-state index contributed by atoms with van der Waals surface area (Å²) in [5, 5.41) is 13.7. The lowest BCUT2D eigenvalue weighted by Crippen LogP contribution is -2.47. The zero-order valence-electron chi connectivity index (χ0n) is 19.1. The predicted octanol–water partition coefficient (Wildman–Crippen LogP) is 3.93. The van der Waals surface area contributed by atoms with E-state index in [4.69, 9.17) is 16.3 Å². The highest BCUT2D eigenvalue weighted by atomic mass is 35.5. The normalized spacial score (nSPS) is 18.8. The van der Waals surface area contributed by atoms with Crippen LogP contribution in [0.1, 0.15) is 24.8 Å². The fraction of sp³-hybridized carbons (Fsp3) is 0.500. The van der Waals surface area contributed by atoms with E-state index >= 15 is 0 Å². The second-order valence-corrected chi connectivity index (χ2v) is 9.52. The summed E-state index contributed by atoms with van der Waals surface area (Å²) >= 11 is 5.92. The first kappa shape index (κ1) is 23.9. The van der Waals surface area contributed by atoms with Gasteiger partial charge in [-0.05, 0) is 86.8 Å². The van der Waals surface area contributed by atoms with Crippen molar-refractivity contribution in [2.75, 3.05) is 50.7 Å². The number of carboxylic acid groups (broad SMARTS) is 1. The molecule has 178 valence electrons. The van der Waals surface area contributed by atoms with Crippen LogP contribution in [0.5, 0.6) is 5.75 Å². The SMILES string of the molecule is O=C(O)C(Cc1ccc(Cl)cc1)Oc1ccc(N2CCN(CCC3CCNCC3)CC2)cc1. The average molecular weight is 472 g/mol. The predicted molar refractivity (Wildman–Crippen MR) is 133 cm³/mol. The van der Waals surface area contributed by atoms with Crippen LogP contribution in [0.4, 0.5) is 5.69 Å². The van der Waals surface area contributed by atoms with Crippen molar-refractivity contribution in [3.8, 4) is 5.75 Å². The van der Waals surface area contributed by atoms with E-state index in [-0.39, 0.29) is 6.42 Å². The van der Waals surface area contributed by atoms with E-state index in [9.17, 15) is 9.90 Å². The number of aliphatic carboxylic acids is 1. The molecule has 0 aliphatic carbocycles. The minimum atomic E-state index is -0.977. The molecule has 7 heteroatoms. The molecule has 2 heterocycles. The van der Waals surface area contributed by atoms with Gasteiger partial charge in [-0.2, -0.15) is 0 Å². The van der Waals surface area contributed by atoms with E-state index in [1.54, 1.807) is 12.1 Å². The third kappa shape index (κ3) is 7.10. The molecule has 0 radical (unpaired) electrons. The Morgan fingerprint density at radius 3 is 2.33 bits per heavy atom. The van der Waals surface area contributed by atoms with Gasteiger partial charge in [-0.3, -0.25) is 4.90 Å². The number of nitrogens with one attached hydrogen (secondary N) is 1. The van der Waals surface area contributed by atoms with Crippen LogP contribution in [0.15, 0.2) is 48.5 Å². The van der Waals surface area contributed by atoms with Gasteiger partial charge < -0.3 is 20.1 Å². The van der Waals surface area contributed by atoms with Crippen LogP contribution >= 0.6 is 11.6 Å². The molecule has 1 atom stereocenters. The van der Waals surface area contributed by atoms with Crippen molar-refractivity contribution in [3.63, 3.8) is 0 Å². The third-order valence-corrected chi connectivity index (χ3v) is 7.03. The molecule has 4 rings (SSSR count). The smallest absolute Gasteiger partial charge is 0.345 e. The van der Waals surface area contributed by atoms with Crippen LogP contribution in [0.2, 0.25) is 5.02 Å². The number of carboxylic acids is 1. The second kappa shape index (κ2) is 11.7. The van der Waals surface area contributed by atoms with Crippen molar-refractivity contribution in [1.82, 2.24) is 10.2 Å². The molecule has 0 bridgehead atoms. The minimum Gasteiger partial charge on any atom is -0.478 e. The van der Waals surface area contributed by atoms with Crippen LogP contribution < -0.4 is 15.0 Å². The highest BCUT2D eigenvalue weighted by Crippen LogP contribution is 2.23. The van der Waals surface area contributed by atoms with Crippen molar-refractivity contribution < 1.29 is 14.6 Å². The number of ether oxygens (including phenoxy) is 1. The monoisotopic (exact) mass is 471 g/mol. The molecule has 2 fully saturated rings. The van der Waals surface area contributed by atoms with E-state index in [1.807, 2.05) is 36.4 Å². The van der Waals surface area contributed by atoms with Crippen LogP contribution in [-0.2, 0) is 11.2 Å². The molecule has 1 unspecified atom stereocenters. The zero-order chi connectivity index (χ0) is 23.0. The molecule has 6 nitrogen and oxygen atoms in total. The summed E-state index contributed by atoms with van der Waals surface area (Å²) in [6.07, 6.45) is 3.29. The molecule has 2 aromatic carbocycles. The molecule has 2 saturated heterocycles. The van der Waals surface area contributed by atoms with E-state index in [0.717, 1.165) is 43.3 Å². The Labute approximate surface area is 201 Å². The maximum Gasteiger partial charge on any atom is 0.345 e. The zero-order valence-corrected chi connectivity index (χ0v) is 19.8. The highest BCUT2D eigenvalue weighted by Gasteiger charge is 2.22. The molecule has 2 aliphatic heterocycles. The summed E-state index contributed by atoms with van der Waals surface area (Å²) in [5.41, 5.74) is 2.03. The number of nitrogens with zero attached hydrogens (tertiary/aromatic N) is 2. The summed E-state index contributed by atoms with van der Waals surface area (Å²) in [6.45, 7) is 7.76. The summed E-state index contributed by atoms with van der Waals surface area (Å²) in [5.74, 6) is 0.474. The van der Waals surface area contributed by atoms with Crippen molar-refractivity contribution >= 4 is 23.3 Å². The molecule has 0 amide bonds. The van der Waals surface area contributed by atoms with Gasteiger partial charge in [0.25, 0.3) is 0 Å². The van der Waals surface area contributed by atoms with Crippen molar-refractivity contribution in [1.29, 1.82) is 0 Å². The van der Waals surface area contributed by atoms with Crippen LogP contribution in [-0.4, -0.2) is 67.9 Å². The Bertz CT molecular complexity index is 877. The Balaban J connectivity index is 1.25. The van der Waals surface area contributed by atoms with Crippen LogP contribution in [0, 0.1) is 5.92 Å². The standard InChI is InChI=1S/C26H34ClN3O3/c27-22-3-1-21(2-4-22)19-25(26(31)32)33-24-7-5-23(6-8-24)30-17-15-29(16-18-30)14-11-20-9-12-28-13-10-20/h1-8,20,25,28H,9-19H2,(H,31,32). The summed E-state index contributed by atoms with van der Waals surface area (Å²) in [7, 11) is 0. The number of piperidine rings is 1. The largest absolute Gasteiger partial charge is 0.478 e. The van der Waals surface area contributed by atoms with E-state index in [0.29, 0.717) is 10.8 Å². The van der Waals surface area contributed by atoms with Crippen LogP contribution in [0.3, 0.4) is 0 Å². The van der Waals surface area contributed by atoms with Crippen molar-refractivity contribution in [2.24, 2.45) is 5.92 Å². The lowest BCUT2D eigenvalue weighted by Gasteiger charge is -2.37. The van der Waals surface area contributed by atoms with Gasteiger partial charge in [-0.15, -0.1) is 0 Å². The summed E-state index contributed by atoms with van der Waals surface area (Å²) in [6, 6.07) is 15.0. The van der Waals surface area contributed by atoms with Gasteiger partial charge in [0.15, 0.2) is 6.10 Å². The number of benzene rings is 2. The van der Waals surface area contributed by atoms with Gasteiger partial charge in [0.2, 0.25) is 0 Å². The molecule has 2 N–H and O–H groups in total. The Morgan fingerprint density at radius 2 is 1.70 bits per heavy atom. The van der Waals surface area contributed by atoms with Crippen LogP contribution in [0.25, 0.3) is 0 Å². The summed E-state index contributed by atoms with van der Waals surface area (Å²) < 4.78 is 5.80. The maximum absolute atomic E-state index is 11.7. The van der Waals surface area contributed by atoms with Gasteiger partial charge in [0, 0.05) is 43.3 Å². The fourth-order valence-corrected chi connectivity index (χ4v) is 4.80. The average Bonchev–Trinajstić information content (AvgIpc) is 2.85. The molecular formula is C26H34ClN3O3. The highest BCUT2D eigenvalue weighted by molar-refractivity contribution is 6.30. The topological polar surface area (TPSA) is 65.0 Å². The first-order valence-electron chi connectivity index (χ1n) is 12.0. The summed E-state index contributed by atoms with van der Waals surface area (Å²) in [4.78, 5) is 16.7. The van der Waals surface area contributed by atoms with Crippen molar-refractivity contribution in [3.05, 3.63) is 59.1 Å². The number of hydrogen-bond acceptors (Lipinski definition) is 5. The van der Waals surface area contributed by atoms with E-state index in [2.05, 4.69) is 15.1 Å². The van der Waals surface area contributed by atoms with Gasteiger partial charge >= 0.3 is 5.97 Å². The molecule has 33 heavy (non-hydrogen) atoms. The van der Waals surface area contributed by atoms with E-state index < -0.39 is 12.1 Å². The quantitative estimate of drug-likeness (QED) is 0.577. The van der Waals surface area contributed by atoms with Crippen molar-refractivity contribution in [2.45, 2.75) is 31.8 Å². The lowest BCUT2D eigenvalue weighted by atomic mass is 9.94. The second-order valence-electron chi connectivity index (χ2n) is 9.08. The minimum absolute atomic E-state index is 0.285. The van der Waals surface area contributed by atoms with E-state index in [1.165, 1.54) is 38.9 Å².